The molecule has 1 fully saturated rings. The number of thiazole rings is 1. The van der Waals surface area contributed by atoms with Gasteiger partial charge in [-0.3, -0.25) is 0 Å². The van der Waals surface area contributed by atoms with Gasteiger partial charge in [0.15, 0.2) is 10.8 Å². The van der Waals surface area contributed by atoms with E-state index < -0.39 is 5.97 Å². The van der Waals surface area contributed by atoms with Crippen molar-refractivity contribution in [1.29, 1.82) is 0 Å². The molecule has 1 heterocycles. The van der Waals surface area contributed by atoms with Gasteiger partial charge in [0, 0.05) is 10.9 Å². The largest absolute Gasteiger partial charge is 0.476 e. The van der Waals surface area contributed by atoms with Crippen LogP contribution in [-0.4, -0.2) is 22.1 Å². The van der Waals surface area contributed by atoms with Crippen LogP contribution in [0.2, 0.25) is 0 Å². The predicted molar refractivity (Wildman–Crippen MR) is 73.5 cm³/mol. The number of carboxylic acid groups (broad SMARTS) is 1. The molecule has 0 saturated heterocycles. The van der Waals surface area contributed by atoms with E-state index in [1.165, 1.54) is 37.0 Å². The van der Waals surface area contributed by atoms with Gasteiger partial charge >= 0.3 is 5.97 Å². The number of aromatic nitrogens is 1. The van der Waals surface area contributed by atoms with Crippen LogP contribution in [0.1, 0.15) is 54.4 Å². The van der Waals surface area contributed by atoms with Crippen molar-refractivity contribution in [2.24, 2.45) is 5.92 Å². The molecule has 0 spiro atoms. The molecular formula is C13H20N2O2S. The van der Waals surface area contributed by atoms with Gasteiger partial charge in [0.1, 0.15) is 0 Å². The van der Waals surface area contributed by atoms with Gasteiger partial charge in [0.05, 0.1) is 0 Å². The quantitative estimate of drug-likeness (QED) is 0.877. The first-order valence-corrected chi connectivity index (χ1v) is 7.39. The molecular weight excluding hydrogens is 248 g/mol. The Morgan fingerprint density at radius 3 is 2.94 bits per heavy atom. The number of carboxylic acids is 1. The van der Waals surface area contributed by atoms with Crippen LogP contribution in [0, 0.1) is 12.8 Å². The number of nitrogens with one attached hydrogen (secondary N) is 1. The van der Waals surface area contributed by atoms with Crippen LogP contribution in [0.15, 0.2) is 0 Å². The second-order valence-electron chi connectivity index (χ2n) is 5.01. The summed E-state index contributed by atoms with van der Waals surface area (Å²) in [6, 6.07) is 0.455. The third-order valence-corrected chi connectivity index (χ3v) is 4.59. The molecule has 2 unspecified atom stereocenters. The van der Waals surface area contributed by atoms with Crippen molar-refractivity contribution in [1.82, 2.24) is 4.98 Å². The van der Waals surface area contributed by atoms with Gasteiger partial charge in [-0.25, -0.2) is 9.78 Å². The van der Waals surface area contributed by atoms with Crippen LogP contribution in [-0.2, 0) is 0 Å². The lowest BCUT2D eigenvalue weighted by atomic mass is 9.84. The minimum Gasteiger partial charge on any atom is -0.476 e. The summed E-state index contributed by atoms with van der Waals surface area (Å²) in [6.07, 6.45) is 6.16. The Morgan fingerprint density at radius 2 is 2.33 bits per heavy atom. The first-order valence-electron chi connectivity index (χ1n) is 6.57. The maximum Gasteiger partial charge on any atom is 0.355 e. The minimum atomic E-state index is -0.938. The van der Waals surface area contributed by atoms with Crippen molar-refractivity contribution in [3.05, 3.63) is 10.6 Å². The number of aromatic carboxylic acids is 1. The van der Waals surface area contributed by atoms with Crippen LogP contribution >= 0.6 is 11.3 Å². The van der Waals surface area contributed by atoms with Gasteiger partial charge in [-0.15, -0.1) is 11.3 Å². The van der Waals surface area contributed by atoms with E-state index in [9.17, 15) is 4.79 Å². The monoisotopic (exact) mass is 268 g/mol. The van der Waals surface area contributed by atoms with E-state index in [0.717, 1.165) is 22.3 Å². The molecule has 1 saturated carbocycles. The number of nitrogens with zero attached hydrogens (tertiary/aromatic N) is 1. The van der Waals surface area contributed by atoms with E-state index >= 15 is 0 Å². The average Bonchev–Trinajstić information content (AvgIpc) is 2.70. The minimum absolute atomic E-state index is 0.186. The van der Waals surface area contributed by atoms with Crippen molar-refractivity contribution < 1.29 is 9.90 Å². The summed E-state index contributed by atoms with van der Waals surface area (Å²) in [7, 11) is 0. The Labute approximate surface area is 111 Å². The van der Waals surface area contributed by atoms with Crippen molar-refractivity contribution in [2.45, 2.75) is 52.0 Å². The number of rotatable bonds is 4. The number of hydrogen-bond acceptors (Lipinski definition) is 4. The number of aryl methyl sites for hydroxylation is 1. The molecule has 4 nitrogen and oxygen atoms in total. The maximum atomic E-state index is 10.9. The Bertz CT molecular complexity index is 431. The van der Waals surface area contributed by atoms with Crippen LogP contribution in [0.5, 0.6) is 0 Å². The molecule has 5 heteroatoms. The predicted octanol–water partition coefficient (Wildman–Crippen LogP) is 3.53. The molecule has 0 aliphatic heterocycles. The van der Waals surface area contributed by atoms with Crippen molar-refractivity contribution in [3.63, 3.8) is 0 Å². The normalized spacial score (nSPS) is 23.9. The van der Waals surface area contributed by atoms with E-state index in [1.807, 2.05) is 6.92 Å². The molecule has 1 aromatic rings. The fourth-order valence-electron chi connectivity index (χ4n) is 2.62. The highest BCUT2D eigenvalue weighted by Gasteiger charge is 2.22. The molecule has 0 aromatic carbocycles. The van der Waals surface area contributed by atoms with Gasteiger partial charge in [0.25, 0.3) is 0 Å². The molecule has 0 bridgehead atoms. The fourth-order valence-corrected chi connectivity index (χ4v) is 3.51. The van der Waals surface area contributed by atoms with E-state index in [1.54, 1.807) is 0 Å². The van der Waals surface area contributed by atoms with Gasteiger partial charge in [-0.1, -0.05) is 26.2 Å². The van der Waals surface area contributed by atoms with E-state index in [0.29, 0.717) is 6.04 Å². The van der Waals surface area contributed by atoms with Crippen molar-refractivity contribution in [2.75, 3.05) is 5.32 Å². The Kier molecular flexibility index (Phi) is 4.22. The summed E-state index contributed by atoms with van der Waals surface area (Å²) < 4.78 is 0. The van der Waals surface area contributed by atoms with Gasteiger partial charge in [-0.2, -0.15) is 0 Å². The smallest absolute Gasteiger partial charge is 0.355 e. The Hall–Kier alpha value is -1.10. The SMILES string of the molecule is CCC1CCCC(Nc2nc(C(=O)O)c(C)s2)C1. The Morgan fingerprint density at radius 1 is 1.56 bits per heavy atom. The first-order chi connectivity index (χ1) is 8.60. The lowest BCUT2D eigenvalue weighted by molar-refractivity contribution is 0.0690. The average molecular weight is 268 g/mol. The summed E-state index contributed by atoms with van der Waals surface area (Å²) in [5.41, 5.74) is 0.186. The topological polar surface area (TPSA) is 62.2 Å². The standard InChI is InChI=1S/C13H20N2O2S/c1-3-9-5-4-6-10(7-9)14-13-15-11(12(16)17)8(2)18-13/h9-10H,3-7H2,1-2H3,(H,14,15)(H,16,17). The Balaban J connectivity index is 2.00. The summed E-state index contributed by atoms with van der Waals surface area (Å²) in [4.78, 5) is 15.9. The number of carbonyl (C=O) groups is 1. The van der Waals surface area contributed by atoms with Crippen LogP contribution in [0.25, 0.3) is 0 Å². The van der Waals surface area contributed by atoms with Gasteiger partial charge in [-0.05, 0) is 25.7 Å². The molecule has 1 aliphatic carbocycles. The highest BCUT2D eigenvalue weighted by atomic mass is 32.1. The van der Waals surface area contributed by atoms with Crippen molar-refractivity contribution >= 4 is 22.4 Å². The molecule has 2 rings (SSSR count). The second-order valence-corrected chi connectivity index (χ2v) is 6.21. The number of anilines is 1. The second kappa shape index (κ2) is 5.69. The highest BCUT2D eigenvalue weighted by molar-refractivity contribution is 7.15. The van der Waals surface area contributed by atoms with Gasteiger partial charge < -0.3 is 10.4 Å². The third-order valence-electron chi connectivity index (χ3n) is 3.69. The van der Waals surface area contributed by atoms with Gasteiger partial charge in [0.2, 0.25) is 0 Å². The molecule has 2 atom stereocenters. The zero-order chi connectivity index (χ0) is 13.1. The lowest BCUT2D eigenvalue weighted by Gasteiger charge is -2.28. The van der Waals surface area contributed by atoms with Crippen LogP contribution < -0.4 is 5.32 Å². The fraction of sp³-hybridized carbons (Fsp3) is 0.692. The van der Waals surface area contributed by atoms with E-state index in [2.05, 4.69) is 17.2 Å². The first kappa shape index (κ1) is 13.3. The molecule has 18 heavy (non-hydrogen) atoms. The maximum absolute atomic E-state index is 10.9. The van der Waals surface area contributed by atoms with Crippen LogP contribution in [0.4, 0.5) is 5.13 Å². The molecule has 1 aliphatic rings. The number of hydrogen-bond donors (Lipinski definition) is 2. The molecule has 1 aromatic heterocycles. The molecule has 0 amide bonds. The zero-order valence-corrected chi connectivity index (χ0v) is 11.7. The van der Waals surface area contributed by atoms with Crippen molar-refractivity contribution in [3.8, 4) is 0 Å². The molecule has 2 N–H and O–H groups in total. The van der Waals surface area contributed by atoms with E-state index in [4.69, 9.17) is 5.11 Å². The zero-order valence-electron chi connectivity index (χ0n) is 10.9. The summed E-state index contributed by atoms with van der Waals surface area (Å²) in [5, 5.41) is 13.1. The molecule has 100 valence electrons. The summed E-state index contributed by atoms with van der Waals surface area (Å²) >= 11 is 1.44. The summed E-state index contributed by atoms with van der Waals surface area (Å²) in [6.45, 7) is 4.05. The molecule has 0 radical (unpaired) electrons. The highest BCUT2D eigenvalue weighted by Crippen LogP contribution is 2.30. The van der Waals surface area contributed by atoms with E-state index in [-0.39, 0.29) is 5.69 Å². The summed E-state index contributed by atoms with van der Waals surface area (Å²) in [5.74, 6) is -0.136. The lowest BCUT2D eigenvalue weighted by Crippen LogP contribution is -2.27. The van der Waals surface area contributed by atoms with Crippen LogP contribution in [0.3, 0.4) is 0 Å². The third kappa shape index (κ3) is 3.02.